The van der Waals surface area contributed by atoms with Crippen LogP contribution in [0.2, 0.25) is 5.02 Å². The summed E-state index contributed by atoms with van der Waals surface area (Å²) in [5.41, 5.74) is 0.792. The highest BCUT2D eigenvalue weighted by Crippen LogP contribution is 2.29. The number of carbonyl (C=O) groups excluding carboxylic acids is 1. The molecule has 0 saturated carbocycles. The highest BCUT2D eigenvalue weighted by molar-refractivity contribution is 6.32. The number of anilines is 1. The lowest BCUT2D eigenvalue weighted by Crippen LogP contribution is -2.55. The Hall–Kier alpha value is -3.67. The van der Waals surface area contributed by atoms with Crippen LogP contribution in [-0.2, 0) is 4.79 Å². The first kappa shape index (κ1) is 21.2. The number of ether oxygens (including phenoxy) is 1. The number of aromatic amines is 1. The van der Waals surface area contributed by atoms with Gasteiger partial charge in [0.2, 0.25) is 5.88 Å². The third-order valence-electron chi connectivity index (χ3n) is 5.07. The van der Waals surface area contributed by atoms with Crippen molar-refractivity contribution in [3.8, 4) is 17.4 Å². The molecule has 1 aliphatic heterocycles. The zero-order valence-electron chi connectivity index (χ0n) is 17.2. The Labute approximate surface area is 192 Å². The molecule has 3 N–H and O–H groups in total. The van der Waals surface area contributed by atoms with Gasteiger partial charge in [-0.05, 0) is 24.3 Å². The van der Waals surface area contributed by atoms with Gasteiger partial charge in [-0.3, -0.25) is 19.8 Å². The Bertz CT molecular complexity index is 1280. The molecule has 0 unspecified atom stereocenters. The number of halogens is 1. The summed E-state index contributed by atoms with van der Waals surface area (Å²) in [5.74, 6) is 0.392. The molecule has 5 rings (SSSR count). The molecule has 0 aromatic carbocycles. The molecule has 1 fully saturated rings. The zero-order valence-corrected chi connectivity index (χ0v) is 18.0. The predicted octanol–water partition coefficient (Wildman–Crippen LogP) is 1.53. The summed E-state index contributed by atoms with van der Waals surface area (Å²) in [6, 6.07) is 8.60. The number of hydrogen-bond donors (Lipinski definition) is 3. The van der Waals surface area contributed by atoms with E-state index >= 15 is 0 Å². The van der Waals surface area contributed by atoms with Crippen molar-refractivity contribution in [3.63, 3.8) is 0 Å². The molecule has 1 saturated heterocycles. The molecule has 0 spiro atoms. The van der Waals surface area contributed by atoms with Crippen molar-refractivity contribution in [1.82, 2.24) is 35.0 Å². The number of carbonyl (C=O) groups is 1. The first-order valence-corrected chi connectivity index (χ1v) is 10.6. The summed E-state index contributed by atoms with van der Waals surface area (Å²) in [5, 5.41) is 20.1. The van der Waals surface area contributed by atoms with E-state index in [1.54, 1.807) is 42.7 Å². The van der Waals surface area contributed by atoms with Crippen molar-refractivity contribution in [2.45, 2.75) is 12.2 Å². The van der Waals surface area contributed by atoms with Crippen molar-refractivity contribution < 1.29 is 14.6 Å². The highest BCUT2D eigenvalue weighted by Gasteiger charge is 2.32. The monoisotopic (exact) mass is 466 g/mol. The van der Waals surface area contributed by atoms with Crippen molar-refractivity contribution in [2.24, 2.45) is 0 Å². The number of hydrogen-bond acceptors (Lipinski definition) is 9. The Balaban J connectivity index is 1.47. The predicted molar refractivity (Wildman–Crippen MR) is 120 cm³/mol. The Kier molecular flexibility index (Phi) is 5.82. The molecule has 5 heterocycles. The molecule has 168 valence electrons. The van der Waals surface area contributed by atoms with E-state index in [-0.39, 0.29) is 18.2 Å². The maximum Gasteiger partial charge on any atom is 0.268 e. The number of H-pyrrole nitrogens is 1. The van der Waals surface area contributed by atoms with Gasteiger partial charge in [-0.2, -0.15) is 10.1 Å². The maximum atomic E-state index is 13.1. The summed E-state index contributed by atoms with van der Waals surface area (Å²) in [4.78, 5) is 32.3. The minimum Gasteiger partial charge on any atom is -0.462 e. The van der Waals surface area contributed by atoms with Crippen molar-refractivity contribution in [2.75, 3.05) is 25.0 Å². The SMILES string of the molecule is O=C(Nc1ccccn1)[C@H](CN1CC(O)C1)Oc1nc(-c2ncccc2Cl)nc2[nH]ncc12. The van der Waals surface area contributed by atoms with E-state index in [9.17, 15) is 9.90 Å². The van der Waals surface area contributed by atoms with E-state index in [1.807, 2.05) is 4.90 Å². The molecule has 1 atom stereocenters. The molecule has 0 bridgehead atoms. The average molecular weight is 467 g/mol. The van der Waals surface area contributed by atoms with Crippen molar-refractivity contribution >= 4 is 34.4 Å². The van der Waals surface area contributed by atoms with Crippen molar-refractivity contribution in [1.29, 1.82) is 0 Å². The first-order valence-electron chi connectivity index (χ1n) is 10.2. The smallest absolute Gasteiger partial charge is 0.268 e. The number of pyridine rings is 2. The second-order valence-corrected chi connectivity index (χ2v) is 7.91. The molecule has 4 aromatic rings. The van der Waals surface area contributed by atoms with Crippen LogP contribution in [0.1, 0.15) is 0 Å². The number of nitrogens with one attached hydrogen (secondary N) is 2. The Morgan fingerprint density at radius 3 is 2.85 bits per heavy atom. The summed E-state index contributed by atoms with van der Waals surface area (Å²) in [7, 11) is 0. The van der Waals surface area contributed by atoms with Crippen molar-refractivity contribution in [3.05, 3.63) is 53.9 Å². The number of likely N-dealkylation sites (tertiary alicyclic amines) is 1. The molecule has 11 nitrogen and oxygen atoms in total. The number of aliphatic hydroxyl groups is 1. The molecular weight excluding hydrogens is 448 g/mol. The number of β-amino-alcohol motifs (C(OH)–C–C–N with tert-alkyl or cyclic N) is 1. The van der Waals surface area contributed by atoms with Gasteiger partial charge in [0.25, 0.3) is 5.91 Å². The number of aromatic nitrogens is 6. The summed E-state index contributed by atoms with van der Waals surface area (Å²) in [6.07, 6.45) is 3.33. The molecule has 0 radical (unpaired) electrons. The van der Waals surface area contributed by atoms with Crippen LogP contribution < -0.4 is 10.1 Å². The fraction of sp³-hybridized carbons (Fsp3) is 0.238. The third kappa shape index (κ3) is 4.60. The van der Waals surface area contributed by atoms with E-state index in [4.69, 9.17) is 16.3 Å². The van der Waals surface area contributed by atoms with Gasteiger partial charge in [-0.1, -0.05) is 17.7 Å². The second-order valence-electron chi connectivity index (χ2n) is 7.50. The molecule has 1 aliphatic rings. The fourth-order valence-electron chi connectivity index (χ4n) is 3.43. The molecule has 12 heteroatoms. The molecule has 4 aromatic heterocycles. The van der Waals surface area contributed by atoms with Gasteiger partial charge in [-0.15, -0.1) is 0 Å². The first-order chi connectivity index (χ1) is 16.1. The number of amides is 1. The molecule has 33 heavy (non-hydrogen) atoms. The quantitative estimate of drug-likeness (QED) is 0.369. The minimum absolute atomic E-state index is 0.160. The summed E-state index contributed by atoms with van der Waals surface area (Å²) < 4.78 is 6.12. The van der Waals surface area contributed by atoms with E-state index in [2.05, 4.69) is 35.5 Å². The lowest BCUT2D eigenvalue weighted by Gasteiger charge is -2.37. The number of aliphatic hydroxyl groups excluding tert-OH is 1. The van der Waals surface area contributed by atoms with E-state index < -0.39 is 18.1 Å². The van der Waals surface area contributed by atoms with Crippen LogP contribution in [0, 0.1) is 0 Å². The number of rotatable bonds is 7. The maximum absolute atomic E-state index is 13.1. The summed E-state index contributed by atoms with van der Waals surface area (Å²) >= 11 is 6.28. The van der Waals surface area contributed by atoms with Crippen LogP contribution in [-0.4, -0.2) is 77.9 Å². The fourth-order valence-corrected chi connectivity index (χ4v) is 3.64. The second kappa shape index (κ2) is 9.06. The molecular formula is C21H19ClN8O3. The topological polar surface area (TPSA) is 142 Å². The lowest BCUT2D eigenvalue weighted by molar-refractivity contribution is -0.125. The largest absolute Gasteiger partial charge is 0.462 e. The van der Waals surface area contributed by atoms with Crippen LogP contribution in [0.4, 0.5) is 5.82 Å². The average Bonchev–Trinajstić information content (AvgIpc) is 3.27. The van der Waals surface area contributed by atoms with Crippen LogP contribution in [0.5, 0.6) is 5.88 Å². The van der Waals surface area contributed by atoms with Gasteiger partial charge < -0.3 is 15.2 Å². The van der Waals surface area contributed by atoms with Gasteiger partial charge in [0.15, 0.2) is 17.6 Å². The van der Waals surface area contributed by atoms with Gasteiger partial charge in [-0.25, -0.2) is 9.97 Å². The summed E-state index contributed by atoms with van der Waals surface area (Å²) in [6.45, 7) is 1.16. The van der Waals surface area contributed by atoms with E-state index in [1.165, 1.54) is 6.20 Å². The van der Waals surface area contributed by atoms with Crippen LogP contribution >= 0.6 is 11.6 Å². The number of fused-ring (bicyclic) bond motifs is 1. The minimum atomic E-state index is -0.945. The molecule has 0 aliphatic carbocycles. The van der Waals surface area contributed by atoms with Gasteiger partial charge in [0.05, 0.1) is 17.3 Å². The standard InChI is InChI=1S/C21H19ClN8O3/c22-14-4-3-7-24-17(14)19-27-18-13(8-25-29-18)21(28-19)33-15(11-30-9-12(31)10-30)20(32)26-16-5-1-2-6-23-16/h1-8,12,15,31H,9-11H2,(H,23,26,32)(H,25,27,28,29)/t15-/m0/s1. The van der Waals surface area contributed by atoms with Gasteiger partial charge in [0.1, 0.15) is 16.9 Å². The lowest BCUT2D eigenvalue weighted by atomic mass is 10.1. The van der Waals surface area contributed by atoms with E-state index in [0.29, 0.717) is 40.7 Å². The van der Waals surface area contributed by atoms with Crippen LogP contribution in [0.15, 0.2) is 48.9 Å². The van der Waals surface area contributed by atoms with Gasteiger partial charge in [0, 0.05) is 32.0 Å². The van der Waals surface area contributed by atoms with Crippen LogP contribution in [0.25, 0.3) is 22.6 Å². The normalized spacial score (nSPS) is 15.2. The van der Waals surface area contributed by atoms with Gasteiger partial charge >= 0.3 is 0 Å². The van der Waals surface area contributed by atoms with E-state index in [0.717, 1.165) is 0 Å². The third-order valence-corrected chi connectivity index (χ3v) is 5.37. The Morgan fingerprint density at radius 1 is 1.24 bits per heavy atom. The Morgan fingerprint density at radius 2 is 2.09 bits per heavy atom. The van der Waals surface area contributed by atoms with Crippen LogP contribution in [0.3, 0.4) is 0 Å². The molecule has 1 amide bonds. The zero-order chi connectivity index (χ0) is 22.8. The highest BCUT2D eigenvalue weighted by atomic mass is 35.5. The number of nitrogens with zero attached hydrogens (tertiary/aromatic N) is 6.